The topological polar surface area (TPSA) is 71.2 Å². The first kappa shape index (κ1) is 11.0. The first-order valence-electron chi connectivity index (χ1n) is 6.32. The number of hydrogen-bond acceptors (Lipinski definition) is 4. The van der Waals surface area contributed by atoms with E-state index in [1.54, 1.807) is 6.20 Å². The highest BCUT2D eigenvalue weighted by Gasteiger charge is 2.42. The Balaban J connectivity index is 1.78. The van der Waals surface area contributed by atoms with E-state index in [4.69, 9.17) is 5.73 Å². The molecule has 0 spiro atoms. The highest BCUT2D eigenvalue weighted by Crippen LogP contribution is 2.36. The minimum atomic E-state index is -0.603. The second-order valence-electron chi connectivity index (χ2n) is 5.49. The van der Waals surface area contributed by atoms with Crippen LogP contribution in [0.15, 0.2) is 18.3 Å². The van der Waals surface area contributed by atoms with Crippen molar-refractivity contribution in [1.82, 2.24) is 10.3 Å². The molecule has 0 saturated carbocycles. The largest absolute Gasteiger partial charge is 0.389 e. The average Bonchev–Trinajstić information content (AvgIpc) is 2.62. The lowest BCUT2D eigenvalue weighted by Gasteiger charge is -2.37. The summed E-state index contributed by atoms with van der Waals surface area (Å²) in [4.78, 5) is 4.08. The molecule has 2 saturated heterocycles. The molecule has 2 aliphatic heterocycles. The van der Waals surface area contributed by atoms with E-state index in [-0.39, 0.29) is 0 Å². The SMILES string of the molecule is Nc1ncccc1CC1(O)CC2CCC(C1)N2. The number of pyridine rings is 1. The first-order chi connectivity index (χ1) is 8.15. The van der Waals surface area contributed by atoms with Gasteiger partial charge in [0.2, 0.25) is 0 Å². The molecule has 2 unspecified atom stereocenters. The van der Waals surface area contributed by atoms with Crippen molar-refractivity contribution in [3.05, 3.63) is 23.9 Å². The Kier molecular flexibility index (Phi) is 2.56. The third-order valence-corrected chi connectivity index (χ3v) is 4.03. The van der Waals surface area contributed by atoms with E-state index >= 15 is 0 Å². The maximum absolute atomic E-state index is 10.7. The van der Waals surface area contributed by atoms with Gasteiger partial charge in [-0.05, 0) is 37.3 Å². The number of rotatable bonds is 2. The fourth-order valence-electron chi connectivity index (χ4n) is 3.32. The van der Waals surface area contributed by atoms with E-state index in [9.17, 15) is 5.11 Å². The van der Waals surface area contributed by atoms with E-state index in [0.29, 0.717) is 24.3 Å². The summed E-state index contributed by atoms with van der Waals surface area (Å²) >= 11 is 0. The van der Waals surface area contributed by atoms with E-state index in [1.165, 1.54) is 12.8 Å². The van der Waals surface area contributed by atoms with E-state index in [0.717, 1.165) is 18.4 Å². The standard InChI is InChI=1S/C13H19N3O/c14-12-9(2-1-5-15-12)6-13(17)7-10-3-4-11(8-13)16-10/h1-2,5,10-11,16-17H,3-4,6-8H2,(H2,14,15). The zero-order chi connectivity index (χ0) is 11.9. The molecule has 4 nitrogen and oxygen atoms in total. The van der Waals surface area contributed by atoms with Crippen LogP contribution in [0.25, 0.3) is 0 Å². The fraction of sp³-hybridized carbons (Fsp3) is 0.615. The molecule has 0 amide bonds. The average molecular weight is 233 g/mol. The number of hydrogen-bond donors (Lipinski definition) is 3. The first-order valence-corrected chi connectivity index (χ1v) is 6.32. The summed E-state index contributed by atoms with van der Waals surface area (Å²) in [6, 6.07) is 4.81. The van der Waals surface area contributed by atoms with Crippen molar-refractivity contribution < 1.29 is 5.11 Å². The van der Waals surface area contributed by atoms with Crippen molar-refractivity contribution in [3.8, 4) is 0 Å². The lowest BCUT2D eigenvalue weighted by Crippen LogP contribution is -2.49. The van der Waals surface area contributed by atoms with Gasteiger partial charge in [0.05, 0.1) is 5.60 Å². The predicted molar refractivity (Wildman–Crippen MR) is 66.5 cm³/mol. The molecule has 2 atom stereocenters. The Morgan fingerprint density at radius 2 is 2.12 bits per heavy atom. The van der Waals surface area contributed by atoms with Gasteiger partial charge < -0.3 is 16.2 Å². The summed E-state index contributed by atoms with van der Waals surface area (Å²) in [7, 11) is 0. The van der Waals surface area contributed by atoms with E-state index in [1.807, 2.05) is 12.1 Å². The monoisotopic (exact) mass is 233 g/mol. The minimum absolute atomic E-state index is 0.483. The molecule has 2 fully saturated rings. The molecule has 17 heavy (non-hydrogen) atoms. The van der Waals surface area contributed by atoms with E-state index < -0.39 is 5.60 Å². The van der Waals surface area contributed by atoms with Crippen molar-refractivity contribution in [2.24, 2.45) is 0 Å². The summed E-state index contributed by atoms with van der Waals surface area (Å²) in [6.45, 7) is 0. The van der Waals surface area contributed by atoms with Gasteiger partial charge in [-0.3, -0.25) is 0 Å². The van der Waals surface area contributed by atoms with Crippen LogP contribution in [0, 0.1) is 0 Å². The van der Waals surface area contributed by atoms with E-state index in [2.05, 4.69) is 10.3 Å². The number of nitrogens with zero attached hydrogens (tertiary/aromatic N) is 1. The number of fused-ring (bicyclic) bond motifs is 2. The Hall–Kier alpha value is -1.13. The van der Waals surface area contributed by atoms with Crippen LogP contribution in [-0.2, 0) is 6.42 Å². The van der Waals surface area contributed by atoms with Crippen LogP contribution in [0.4, 0.5) is 5.82 Å². The second kappa shape index (κ2) is 3.96. The molecular formula is C13H19N3O. The molecule has 92 valence electrons. The van der Waals surface area contributed by atoms with Crippen LogP contribution >= 0.6 is 0 Å². The van der Waals surface area contributed by atoms with Crippen LogP contribution in [-0.4, -0.2) is 27.8 Å². The minimum Gasteiger partial charge on any atom is -0.389 e. The molecule has 1 aromatic rings. The van der Waals surface area contributed by atoms with Crippen molar-refractivity contribution in [2.75, 3.05) is 5.73 Å². The molecule has 4 N–H and O–H groups in total. The lowest BCUT2D eigenvalue weighted by atomic mass is 9.82. The molecule has 4 heteroatoms. The Labute approximate surface area is 101 Å². The molecule has 2 aliphatic rings. The van der Waals surface area contributed by atoms with Crippen molar-refractivity contribution in [3.63, 3.8) is 0 Å². The molecule has 3 heterocycles. The van der Waals surface area contributed by atoms with Gasteiger partial charge in [0.15, 0.2) is 0 Å². The summed E-state index contributed by atoms with van der Waals surface area (Å²) in [5, 5.41) is 14.2. The van der Waals surface area contributed by atoms with Gasteiger partial charge in [-0.25, -0.2) is 4.98 Å². The Morgan fingerprint density at radius 3 is 2.76 bits per heavy atom. The summed E-state index contributed by atoms with van der Waals surface area (Å²) in [6.07, 6.45) is 6.36. The molecule has 1 aromatic heterocycles. The number of aliphatic hydroxyl groups is 1. The van der Waals surface area contributed by atoms with Crippen molar-refractivity contribution >= 4 is 5.82 Å². The quantitative estimate of drug-likeness (QED) is 0.708. The second-order valence-corrected chi connectivity index (χ2v) is 5.49. The number of piperidine rings is 1. The van der Waals surface area contributed by atoms with Crippen molar-refractivity contribution in [2.45, 2.75) is 49.8 Å². The molecule has 2 bridgehead atoms. The van der Waals surface area contributed by atoms with Gasteiger partial charge in [-0.15, -0.1) is 0 Å². The highest BCUT2D eigenvalue weighted by atomic mass is 16.3. The number of nitrogens with one attached hydrogen (secondary N) is 1. The lowest BCUT2D eigenvalue weighted by molar-refractivity contribution is -0.00601. The number of nitrogen functional groups attached to an aromatic ring is 1. The van der Waals surface area contributed by atoms with Crippen LogP contribution in [0.1, 0.15) is 31.2 Å². The smallest absolute Gasteiger partial charge is 0.126 e. The molecule has 0 radical (unpaired) electrons. The maximum Gasteiger partial charge on any atom is 0.126 e. The number of nitrogens with two attached hydrogens (primary N) is 1. The zero-order valence-electron chi connectivity index (χ0n) is 9.89. The summed E-state index contributed by atoms with van der Waals surface area (Å²) in [5.74, 6) is 0.548. The van der Waals surface area contributed by atoms with Crippen LogP contribution in [0.2, 0.25) is 0 Å². The van der Waals surface area contributed by atoms with Crippen LogP contribution < -0.4 is 11.1 Å². The van der Waals surface area contributed by atoms with Gasteiger partial charge in [0.25, 0.3) is 0 Å². The Morgan fingerprint density at radius 1 is 1.41 bits per heavy atom. The summed E-state index contributed by atoms with van der Waals surface area (Å²) in [5.41, 5.74) is 6.21. The van der Waals surface area contributed by atoms with Gasteiger partial charge in [-0.1, -0.05) is 6.07 Å². The molecule has 0 aliphatic carbocycles. The van der Waals surface area contributed by atoms with Gasteiger partial charge in [0.1, 0.15) is 5.82 Å². The number of anilines is 1. The fourth-order valence-corrected chi connectivity index (χ4v) is 3.32. The third-order valence-electron chi connectivity index (χ3n) is 4.03. The van der Waals surface area contributed by atoms with Crippen molar-refractivity contribution in [1.29, 1.82) is 0 Å². The Bertz CT molecular complexity index is 409. The zero-order valence-corrected chi connectivity index (χ0v) is 9.89. The molecule has 0 aromatic carbocycles. The van der Waals surface area contributed by atoms with Gasteiger partial charge in [-0.2, -0.15) is 0 Å². The van der Waals surface area contributed by atoms with Crippen LogP contribution in [0.5, 0.6) is 0 Å². The van der Waals surface area contributed by atoms with Crippen LogP contribution in [0.3, 0.4) is 0 Å². The predicted octanol–water partition coefficient (Wildman–Crippen LogP) is 0.852. The molecule has 3 rings (SSSR count). The summed E-state index contributed by atoms with van der Waals surface area (Å²) < 4.78 is 0. The third kappa shape index (κ3) is 2.15. The van der Waals surface area contributed by atoms with Gasteiger partial charge in [0, 0.05) is 24.7 Å². The maximum atomic E-state index is 10.7. The van der Waals surface area contributed by atoms with Gasteiger partial charge >= 0.3 is 0 Å². The normalized spacial score (nSPS) is 36.1. The number of aromatic nitrogens is 1. The highest BCUT2D eigenvalue weighted by molar-refractivity contribution is 5.39. The molecular weight excluding hydrogens is 214 g/mol.